The molecule has 17 heavy (non-hydrogen) atoms. The van der Waals surface area contributed by atoms with E-state index in [2.05, 4.69) is 12.2 Å². The van der Waals surface area contributed by atoms with Crippen LogP contribution in [0.4, 0.5) is 15.8 Å². The molecule has 0 aromatic heterocycles. The third-order valence-corrected chi connectivity index (χ3v) is 4.00. The van der Waals surface area contributed by atoms with E-state index in [0.717, 1.165) is 12.2 Å². The Bertz CT molecular complexity index is 364. The second kappa shape index (κ2) is 4.94. The van der Waals surface area contributed by atoms with Gasteiger partial charge >= 0.3 is 0 Å². The van der Waals surface area contributed by atoms with Gasteiger partial charge in [0.2, 0.25) is 0 Å². The molecule has 3 N–H and O–H groups in total. The topological polar surface area (TPSA) is 38.0 Å². The molecule has 0 aliphatic heterocycles. The van der Waals surface area contributed by atoms with Gasteiger partial charge in [-0.25, -0.2) is 4.39 Å². The Morgan fingerprint density at radius 3 is 2.59 bits per heavy atom. The fourth-order valence-corrected chi connectivity index (χ4v) is 2.78. The van der Waals surface area contributed by atoms with Gasteiger partial charge in [0.15, 0.2) is 0 Å². The lowest BCUT2D eigenvalue weighted by Crippen LogP contribution is -2.25. The van der Waals surface area contributed by atoms with E-state index >= 15 is 0 Å². The highest BCUT2D eigenvalue weighted by atomic mass is 19.1. The number of rotatable bonds is 4. The van der Waals surface area contributed by atoms with Gasteiger partial charge in [-0.05, 0) is 42.9 Å². The van der Waals surface area contributed by atoms with Crippen LogP contribution in [0, 0.1) is 11.2 Å². The van der Waals surface area contributed by atoms with Gasteiger partial charge in [-0.3, -0.25) is 0 Å². The van der Waals surface area contributed by atoms with Crippen molar-refractivity contribution in [3.05, 3.63) is 24.0 Å². The monoisotopic (exact) mass is 236 g/mol. The van der Waals surface area contributed by atoms with Gasteiger partial charge in [-0.1, -0.05) is 19.8 Å². The molecule has 1 aliphatic rings. The molecule has 0 amide bonds. The van der Waals surface area contributed by atoms with Crippen LogP contribution in [-0.4, -0.2) is 6.54 Å². The average molecular weight is 236 g/mol. The fraction of sp³-hybridized carbons (Fsp3) is 0.571. The standard InChI is InChI=1S/C14H21FN2/c1-2-14(5-3-4-6-14)10-17-13-8-11(15)7-12(16)9-13/h7-9,17H,2-6,10,16H2,1H3. The molecule has 1 fully saturated rings. The van der Waals surface area contributed by atoms with Crippen molar-refractivity contribution in [3.63, 3.8) is 0 Å². The van der Waals surface area contributed by atoms with E-state index in [-0.39, 0.29) is 5.82 Å². The molecule has 0 saturated heterocycles. The quantitative estimate of drug-likeness (QED) is 0.780. The zero-order valence-electron chi connectivity index (χ0n) is 10.4. The zero-order valence-corrected chi connectivity index (χ0v) is 10.4. The predicted molar refractivity (Wildman–Crippen MR) is 70.5 cm³/mol. The Kier molecular flexibility index (Phi) is 3.55. The highest BCUT2D eigenvalue weighted by Gasteiger charge is 2.31. The summed E-state index contributed by atoms with van der Waals surface area (Å²) in [6.45, 7) is 3.17. The van der Waals surface area contributed by atoms with Crippen LogP contribution in [0.1, 0.15) is 39.0 Å². The molecular weight excluding hydrogens is 215 g/mol. The zero-order chi connectivity index (χ0) is 12.3. The van der Waals surface area contributed by atoms with Crippen molar-refractivity contribution in [2.75, 3.05) is 17.6 Å². The lowest BCUT2D eigenvalue weighted by molar-refractivity contribution is 0.307. The maximum absolute atomic E-state index is 13.2. The molecule has 0 radical (unpaired) electrons. The molecule has 94 valence electrons. The van der Waals surface area contributed by atoms with Crippen LogP contribution < -0.4 is 11.1 Å². The third kappa shape index (κ3) is 2.90. The summed E-state index contributed by atoms with van der Waals surface area (Å²) in [4.78, 5) is 0. The maximum atomic E-state index is 13.2. The summed E-state index contributed by atoms with van der Waals surface area (Å²) in [5, 5.41) is 3.34. The first-order valence-electron chi connectivity index (χ1n) is 6.43. The number of hydrogen-bond donors (Lipinski definition) is 2. The van der Waals surface area contributed by atoms with Crippen molar-refractivity contribution in [1.82, 2.24) is 0 Å². The molecule has 0 bridgehead atoms. The van der Waals surface area contributed by atoms with Crippen LogP contribution >= 0.6 is 0 Å². The molecule has 2 rings (SSSR count). The van der Waals surface area contributed by atoms with Crippen molar-refractivity contribution in [3.8, 4) is 0 Å². The number of benzene rings is 1. The van der Waals surface area contributed by atoms with E-state index in [1.54, 1.807) is 6.07 Å². The van der Waals surface area contributed by atoms with E-state index in [1.807, 2.05) is 0 Å². The normalized spacial score (nSPS) is 18.2. The molecule has 1 aromatic rings. The molecule has 0 heterocycles. The van der Waals surface area contributed by atoms with Crippen molar-refractivity contribution >= 4 is 11.4 Å². The summed E-state index contributed by atoms with van der Waals surface area (Å²) < 4.78 is 13.2. The van der Waals surface area contributed by atoms with Crippen LogP contribution in [0.25, 0.3) is 0 Å². The minimum atomic E-state index is -0.274. The van der Waals surface area contributed by atoms with E-state index < -0.39 is 0 Å². The van der Waals surface area contributed by atoms with Crippen molar-refractivity contribution in [1.29, 1.82) is 0 Å². The van der Waals surface area contributed by atoms with E-state index in [9.17, 15) is 4.39 Å². The molecule has 0 unspecified atom stereocenters. The first kappa shape index (κ1) is 12.2. The van der Waals surface area contributed by atoms with Crippen molar-refractivity contribution in [2.45, 2.75) is 39.0 Å². The summed E-state index contributed by atoms with van der Waals surface area (Å²) in [6.07, 6.45) is 6.38. The lowest BCUT2D eigenvalue weighted by atomic mass is 9.83. The van der Waals surface area contributed by atoms with Crippen LogP contribution in [-0.2, 0) is 0 Å². The first-order valence-corrected chi connectivity index (χ1v) is 6.43. The van der Waals surface area contributed by atoms with Gasteiger partial charge in [0.05, 0.1) is 0 Å². The lowest BCUT2D eigenvalue weighted by Gasteiger charge is -2.28. The minimum Gasteiger partial charge on any atom is -0.399 e. The molecule has 1 aromatic carbocycles. The van der Waals surface area contributed by atoms with E-state index in [0.29, 0.717) is 11.1 Å². The molecule has 2 nitrogen and oxygen atoms in total. The van der Waals surface area contributed by atoms with Crippen molar-refractivity contribution < 1.29 is 4.39 Å². The Morgan fingerprint density at radius 1 is 1.29 bits per heavy atom. The molecular formula is C14H21FN2. The fourth-order valence-electron chi connectivity index (χ4n) is 2.78. The molecule has 1 saturated carbocycles. The van der Waals surface area contributed by atoms with Crippen LogP contribution in [0.5, 0.6) is 0 Å². The summed E-state index contributed by atoms with van der Waals surface area (Å²) in [6, 6.07) is 4.65. The van der Waals surface area contributed by atoms with Gasteiger partial charge in [0.1, 0.15) is 5.82 Å². The first-order chi connectivity index (χ1) is 8.13. The highest BCUT2D eigenvalue weighted by molar-refractivity contribution is 5.54. The van der Waals surface area contributed by atoms with Gasteiger partial charge in [-0.15, -0.1) is 0 Å². The van der Waals surface area contributed by atoms with Gasteiger partial charge < -0.3 is 11.1 Å². The average Bonchev–Trinajstić information content (AvgIpc) is 2.74. The Labute approximate surface area is 102 Å². The molecule has 3 heteroatoms. The smallest absolute Gasteiger partial charge is 0.127 e. The Morgan fingerprint density at radius 2 is 2.00 bits per heavy atom. The van der Waals surface area contributed by atoms with E-state index in [1.165, 1.54) is 44.2 Å². The number of nitrogen functional groups attached to an aromatic ring is 1. The van der Waals surface area contributed by atoms with Crippen LogP contribution in [0.15, 0.2) is 18.2 Å². The third-order valence-electron chi connectivity index (χ3n) is 4.00. The predicted octanol–water partition coefficient (Wildman–Crippen LogP) is 3.79. The molecule has 0 atom stereocenters. The SMILES string of the molecule is CCC1(CNc2cc(N)cc(F)c2)CCCC1. The number of halogens is 1. The van der Waals surface area contributed by atoms with Gasteiger partial charge in [0.25, 0.3) is 0 Å². The number of nitrogens with two attached hydrogens (primary N) is 1. The Balaban J connectivity index is 2.01. The maximum Gasteiger partial charge on any atom is 0.127 e. The second-order valence-electron chi connectivity index (χ2n) is 5.19. The second-order valence-corrected chi connectivity index (χ2v) is 5.19. The van der Waals surface area contributed by atoms with Crippen molar-refractivity contribution in [2.24, 2.45) is 5.41 Å². The number of anilines is 2. The molecule has 1 aliphatic carbocycles. The van der Waals surface area contributed by atoms with Crippen LogP contribution in [0.2, 0.25) is 0 Å². The van der Waals surface area contributed by atoms with Gasteiger partial charge in [0, 0.05) is 17.9 Å². The minimum absolute atomic E-state index is 0.274. The summed E-state index contributed by atoms with van der Waals surface area (Å²) in [7, 11) is 0. The van der Waals surface area contributed by atoms with Crippen LogP contribution in [0.3, 0.4) is 0 Å². The summed E-state index contributed by atoms with van der Waals surface area (Å²) in [5.74, 6) is -0.274. The van der Waals surface area contributed by atoms with E-state index in [4.69, 9.17) is 5.73 Å². The molecule has 0 spiro atoms. The summed E-state index contributed by atoms with van der Waals surface area (Å²) >= 11 is 0. The number of hydrogen-bond acceptors (Lipinski definition) is 2. The largest absolute Gasteiger partial charge is 0.399 e. The summed E-state index contributed by atoms with van der Waals surface area (Å²) in [5.41, 5.74) is 7.30. The number of nitrogens with one attached hydrogen (secondary N) is 1. The van der Waals surface area contributed by atoms with Gasteiger partial charge in [-0.2, -0.15) is 0 Å². The Hall–Kier alpha value is -1.25. The highest BCUT2D eigenvalue weighted by Crippen LogP contribution is 2.41.